The highest BCUT2D eigenvalue weighted by atomic mass is 16.4. The van der Waals surface area contributed by atoms with E-state index >= 15 is 0 Å². The van der Waals surface area contributed by atoms with E-state index in [0.29, 0.717) is 25.1 Å². The Morgan fingerprint density at radius 3 is 2.86 bits per heavy atom. The fraction of sp³-hybridized carbons (Fsp3) is 0.429. The molecule has 5 rings (SSSR count). The van der Waals surface area contributed by atoms with Crippen molar-refractivity contribution in [3.8, 4) is 0 Å². The molecule has 1 aromatic carbocycles. The summed E-state index contributed by atoms with van der Waals surface area (Å²) in [6.07, 6.45) is 4.81. The molecule has 1 amide bonds. The first-order chi connectivity index (χ1) is 13.5. The Kier molecular flexibility index (Phi) is 4.03. The van der Waals surface area contributed by atoms with Crippen LogP contribution in [0.4, 0.5) is 5.69 Å². The van der Waals surface area contributed by atoms with Crippen molar-refractivity contribution in [2.45, 2.75) is 50.3 Å². The Hall–Kier alpha value is -2.64. The topological polar surface area (TPSA) is 94.4 Å². The van der Waals surface area contributed by atoms with E-state index in [1.54, 1.807) is 6.26 Å². The van der Waals surface area contributed by atoms with E-state index in [-0.39, 0.29) is 18.0 Å². The van der Waals surface area contributed by atoms with Gasteiger partial charge in [-0.15, -0.1) is 0 Å². The van der Waals surface area contributed by atoms with E-state index in [2.05, 4.69) is 20.2 Å². The van der Waals surface area contributed by atoms with Crippen molar-refractivity contribution < 1.29 is 14.3 Å². The summed E-state index contributed by atoms with van der Waals surface area (Å²) in [6, 6.07) is 9.73. The fourth-order valence-electron chi connectivity index (χ4n) is 4.90. The molecule has 0 radical (unpaired) electrons. The molecule has 3 N–H and O–H groups in total. The first-order valence-electron chi connectivity index (χ1n) is 9.78. The number of carbonyl (C=O) groups excluding carboxylic acids is 1. The lowest BCUT2D eigenvalue weighted by Gasteiger charge is -2.42. The standard InChI is InChI=1S/C21H24N4O3/c1-13-22-17-7-4-14(9-18(17)23-13)24-20(26)12-25-15-5-6-16(25)11-21(27,10-15)19-3-2-8-28-19/h2-4,7-9,15-16,27H,5-6,10-12H2,1H3,(H,22,23)(H,24,26)/t15-,16-/m0/s1. The number of fused-ring (bicyclic) bond motifs is 3. The summed E-state index contributed by atoms with van der Waals surface area (Å²) in [4.78, 5) is 22.5. The molecule has 2 saturated heterocycles. The highest BCUT2D eigenvalue weighted by Gasteiger charge is 2.49. The number of aryl methyl sites for hydroxylation is 1. The number of aromatic nitrogens is 2. The van der Waals surface area contributed by atoms with Crippen molar-refractivity contribution in [2.24, 2.45) is 0 Å². The molecular formula is C21H24N4O3. The number of benzene rings is 1. The van der Waals surface area contributed by atoms with Gasteiger partial charge in [0.1, 0.15) is 17.2 Å². The smallest absolute Gasteiger partial charge is 0.238 e. The first kappa shape index (κ1) is 17.5. The molecule has 2 aliphatic heterocycles. The maximum absolute atomic E-state index is 12.7. The van der Waals surface area contributed by atoms with Crippen LogP contribution in [0.2, 0.25) is 0 Å². The number of nitrogens with zero attached hydrogens (tertiary/aromatic N) is 2. The van der Waals surface area contributed by atoms with Crippen LogP contribution in [-0.2, 0) is 10.4 Å². The summed E-state index contributed by atoms with van der Waals surface area (Å²) in [7, 11) is 0. The Labute approximate surface area is 162 Å². The minimum atomic E-state index is -0.925. The number of aliphatic hydroxyl groups is 1. The second-order valence-corrected chi connectivity index (χ2v) is 8.08. The molecule has 2 aromatic heterocycles. The minimum absolute atomic E-state index is 0.0316. The van der Waals surface area contributed by atoms with Gasteiger partial charge >= 0.3 is 0 Å². The van der Waals surface area contributed by atoms with Crippen LogP contribution in [-0.4, -0.2) is 44.5 Å². The van der Waals surface area contributed by atoms with E-state index in [4.69, 9.17) is 4.42 Å². The van der Waals surface area contributed by atoms with Crippen LogP contribution >= 0.6 is 0 Å². The maximum atomic E-state index is 12.7. The van der Waals surface area contributed by atoms with E-state index in [0.717, 1.165) is 35.4 Å². The second-order valence-electron chi connectivity index (χ2n) is 8.08. The van der Waals surface area contributed by atoms with Crippen LogP contribution in [0, 0.1) is 6.92 Å². The Bertz CT molecular complexity index is 996. The predicted octanol–water partition coefficient (Wildman–Crippen LogP) is 2.92. The molecule has 7 heteroatoms. The van der Waals surface area contributed by atoms with Gasteiger partial charge in [-0.05, 0) is 62.9 Å². The van der Waals surface area contributed by atoms with Crippen LogP contribution in [0.3, 0.4) is 0 Å². The largest absolute Gasteiger partial charge is 0.466 e. The van der Waals surface area contributed by atoms with Crippen LogP contribution in [0.25, 0.3) is 11.0 Å². The summed E-state index contributed by atoms with van der Waals surface area (Å²) >= 11 is 0. The fourth-order valence-corrected chi connectivity index (χ4v) is 4.90. The van der Waals surface area contributed by atoms with Crippen molar-refractivity contribution in [2.75, 3.05) is 11.9 Å². The number of carbonyl (C=O) groups is 1. The molecule has 7 nitrogen and oxygen atoms in total. The molecule has 28 heavy (non-hydrogen) atoms. The number of anilines is 1. The van der Waals surface area contributed by atoms with Gasteiger partial charge in [0, 0.05) is 17.8 Å². The quantitative estimate of drug-likeness (QED) is 0.647. The van der Waals surface area contributed by atoms with Crippen molar-refractivity contribution in [1.29, 1.82) is 0 Å². The number of hydrogen-bond donors (Lipinski definition) is 3. The lowest BCUT2D eigenvalue weighted by Crippen LogP contribution is -2.51. The molecule has 0 spiro atoms. The van der Waals surface area contributed by atoms with Gasteiger partial charge in [-0.25, -0.2) is 4.98 Å². The number of hydrogen-bond acceptors (Lipinski definition) is 5. The predicted molar refractivity (Wildman–Crippen MR) is 105 cm³/mol. The first-order valence-corrected chi connectivity index (χ1v) is 9.78. The van der Waals surface area contributed by atoms with Crippen molar-refractivity contribution in [1.82, 2.24) is 14.9 Å². The number of aromatic amines is 1. The second kappa shape index (κ2) is 6.46. The Balaban J connectivity index is 1.26. The number of piperidine rings is 1. The van der Waals surface area contributed by atoms with Gasteiger partial charge in [0.05, 0.1) is 23.8 Å². The maximum Gasteiger partial charge on any atom is 0.238 e. The molecule has 2 aliphatic rings. The number of H-pyrrole nitrogens is 1. The molecule has 4 heterocycles. The Morgan fingerprint density at radius 1 is 1.36 bits per heavy atom. The van der Waals surface area contributed by atoms with Gasteiger partial charge in [-0.3, -0.25) is 9.69 Å². The molecule has 146 valence electrons. The van der Waals surface area contributed by atoms with E-state index in [1.165, 1.54) is 0 Å². The molecule has 0 unspecified atom stereocenters. The number of imidazole rings is 1. The monoisotopic (exact) mass is 380 g/mol. The lowest BCUT2D eigenvalue weighted by molar-refractivity contribution is -0.121. The summed E-state index contributed by atoms with van der Waals surface area (Å²) in [6.45, 7) is 2.25. The molecule has 3 aromatic rings. The Morgan fingerprint density at radius 2 is 2.14 bits per heavy atom. The average molecular weight is 380 g/mol. The van der Waals surface area contributed by atoms with Crippen molar-refractivity contribution >= 4 is 22.6 Å². The summed E-state index contributed by atoms with van der Waals surface area (Å²) < 4.78 is 5.48. The highest BCUT2D eigenvalue weighted by Crippen LogP contribution is 2.45. The normalized spacial score (nSPS) is 27.4. The van der Waals surface area contributed by atoms with Crippen molar-refractivity contribution in [3.63, 3.8) is 0 Å². The summed E-state index contributed by atoms with van der Waals surface area (Å²) in [5.41, 5.74) is 1.64. The van der Waals surface area contributed by atoms with Gasteiger partial charge in [0.2, 0.25) is 5.91 Å². The summed E-state index contributed by atoms with van der Waals surface area (Å²) in [5.74, 6) is 1.46. The molecule has 2 fully saturated rings. The third-order valence-electron chi connectivity index (χ3n) is 6.11. The zero-order valence-corrected chi connectivity index (χ0v) is 15.8. The number of furan rings is 1. The zero-order chi connectivity index (χ0) is 19.3. The average Bonchev–Trinajstić information content (AvgIpc) is 3.35. The van der Waals surface area contributed by atoms with Gasteiger partial charge < -0.3 is 19.8 Å². The van der Waals surface area contributed by atoms with E-state index in [9.17, 15) is 9.90 Å². The SMILES string of the molecule is Cc1nc2ccc(NC(=O)CN3[C@H]4CC[C@H]3CC(O)(c3ccco3)C4)cc2[nH]1. The van der Waals surface area contributed by atoms with E-state index in [1.807, 2.05) is 37.3 Å². The molecular weight excluding hydrogens is 356 g/mol. The number of rotatable bonds is 4. The van der Waals surface area contributed by atoms with E-state index < -0.39 is 5.60 Å². The number of amides is 1. The van der Waals surface area contributed by atoms with Gasteiger partial charge in [-0.1, -0.05) is 0 Å². The van der Waals surface area contributed by atoms with Gasteiger partial charge in [0.15, 0.2) is 0 Å². The molecule has 2 atom stereocenters. The van der Waals surface area contributed by atoms with Crippen molar-refractivity contribution in [3.05, 3.63) is 48.2 Å². The third kappa shape index (κ3) is 3.00. The van der Waals surface area contributed by atoms with Gasteiger partial charge in [0.25, 0.3) is 0 Å². The minimum Gasteiger partial charge on any atom is -0.466 e. The zero-order valence-electron chi connectivity index (χ0n) is 15.8. The number of nitrogens with one attached hydrogen (secondary N) is 2. The third-order valence-corrected chi connectivity index (χ3v) is 6.11. The highest BCUT2D eigenvalue weighted by molar-refractivity contribution is 5.94. The lowest BCUT2D eigenvalue weighted by atomic mass is 9.84. The molecule has 2 bridgehead atoms. The van der Waals surface area contributed by atoms with Crippen LogP contribution in [0.1, 0.15) is 37.3 Å². The van der Waals surface area contributed by atoms with Gasteiger partial charge in [-0.2, -0.15) is 0 Å². The van der Waals surface area contributed by atoms with Crippen LogP contribution < -0.4 is 5.32 Å². The summed E-state index contributed by atoms with van der Waals surface area (Å²) in [5, 5.41) is 14.1. The molecule has 0 saturated carbocycles. The van der Waals surface area contributed by atoms with Crippen LogP contribution in [0.5, 0.6) is 0 Å². The van der Waals surface area contributed by atoms with Crippen LogP contribution in [0.15, 0.2) is 41.0 Å². The molecule has 0 aliphatic carbocycles.